The molecule has 0 bridgehead atoms. The number of carboxylic acids is 1. The summed E-state index contributed by atoms with van der Waals surface area (Å²) >= 11 is 5.97. The first kappa shape index (κ1) is 16.8. The fraction of sp³-hybridized carbons (Fsp3) is 0.400. The van der Waals surface area contributed by atoms with E-state index in [-0.39, 0.29) is 16.3 Å². The average Bonchev–Trinajstić information content (AvgIpc) is 2.48. The first-order chi connectivity index (χ1) is 10.4. The normalized spacial score (nSPS) is 19.1. The Bertz CT molecular complexity index is 712. The van der Waals surface area contributed by atoms with E-state index in [9.17, 15) is 18.3 Å². The molecule has 5 nitrogen and oxygen atoms in total. The largest absolute Gasteiger partial charge is 0.478 e. The van der Waals surface area contributed by atoms with Crippen molar-refractivity contribution < 1.29 is 18.3 Å². The van der Waals surface area contributed by atoms with Crippen LogP contribution in [0.25, 0.3) is 0 Å². The number of benzene rings is 1. The molecule has 1 atom stereocenters. The number of carboxylic acid groups (broad SMARTS) is 1. The van der Waals surface area contributed by atoms with E-state index in [1.165, 1.54) is 0 Å². The van der Waals surface area contributed by atoms with E-state index >= 15 is 0 Å². The highest BCUT2D eigenvalue weighted by Crippen LogP contribution is 2.33. The number of hydrogen-bond donors (Lipinski definition) is 2. The molecule has 0 saturated heterocycles. The molecule has 0 aromatic heterocycles. The van der Waals surface area contributed by atoms with E-state index in [1.807, 2.05) is 6.92 Å². The lowest BCUT2D eigenvalue weighted by molar-refractivity contribution is -0.132. The predicted molar refractivity (Wildman–Crippen MR) is 86.6 cm³/mol. The topological polar surface area (TPSA) is 83.5 Å². The number of anilines is 1. The summed E-state index contributed by atoms with van der Waals surface area (Å²) < 4.78 is 27.7. The number of sulfonamides is 1. The number of rotatable bonds is 5. The van der Waals surface area contributed by atoms with Gasteiger partial charge >= 0.3 is 5.97 Å². The number of aliphatic carboxylic acids is 1. The molecule has 22 heavy (non-hydrogen) atoms. The predicted octanol–water partition coefficient (Wildman–Crippen LogP) is 3.43. The zero-order chi connectivity index (χ0) is 16.3. The fourth-order valence-corrected chi connectivity index (χ4v) is 4.66. The van der Waals surface area contributed by atoms with E-state index in [0.717, 1.165) is 0 Å². The summed E-state index contributed by atoms with van der Waals surface area (Å²) in [5.74, 6) is -1.16. The van der Waals surface area contributed by atoms with Crippen LogP contribution in [0.15, 0.2) is 35.4 Å². The zero-order valence-corrected chi connectivity index (χ0v) is 13.7. The number of para-hydroxylation sites is 1. The van der Waals surface area contributed by atoms with Crippen LogP contribution in [-0.2, 0) is 14.8 Å². The van der Waals surface area contributed by atoms with Crippen molar-refractivity contribution in [2.75, 3.05) is 4.72 Å². The molecule has 0 amide bonds. The molecule has 0 aliphatic heterocycles. The monoisotopic (exact) mass is 343 g/mol. The molecular formula is C15H18ClNO4S. The van der Waals surface area contributed by atoms with Crippen LogP contribution in [0.3, 0.4) is 0 Å². The first-order valence-corrected chi connectivity index (χ1v) is 9.00. The summed E-state index contributed by atoms with van der Waals surface area (Å²) in [6.07, 6.45) is 2.13. The fourth-order valence-electron chi connectivity index (χ4n) is 2.74. The number of nitrogens with one attached hydrogen (secondary N) is 1. The Labute approximate surface area is 135 Å². The SMILES string of the molecule is CCC1=C(C(=O)O)C(S(=O)(=O)Nc2ccccc2Cl)CCC1. The lowest BCUT2D eigenvalue weighted by atomic mass is 9.90. The Kier molecular flexibility index (Phi) is 5.13. The maximum absolute atomic E-state index is 12.6. The number of carbonyl (C=O) groups is 1. The van der Waals surface area contributed by atoms with Crippen LogP contribution < -0.4 is 4.72 Å². The van der Waals surface area contributed by atoms with Gasteiger partial charge in [-0.05, 0) is 37.8 Å². The van der Waals surface area contributed by atoms with Crippen molar-refractivity contribution in [3.05, 3.63) is 40.4 Å². The minimum atomic E-state index is -3.87. The molecule has 0 fully saturated rings. The summed E-state index contributed by atoms with van der Waals surface area (Å²) in [6, 6.07) is 6.48. The molecule has 0 radical (unpaired) electrons. The third kappa shape index (κ3) is 3.44. The highest BCUT2D eigenvalue weighted by molar-refractivity contribution is 7.93. The molecule has 7 heteroatoms. The summed E-state index contributed by atoms with van der Waals surface area (Å²) in [7, 11) is -3.87. The third-order valence-electron chi connectivity index (χ3n) is 3.81. The second-order valence-electron chi connectivity index (χ2n) is 5.18. The van der Waals surface area contributed by atoms with Gasteiger partial charge in [0.1, 0.15) is 5.25 Å². The van der Waals surface area contributed by atoms with Gasteiger partial charge in [-0.25, -0.2) is 13.2 Å². The molecule has 0 saturated carbocycles. The average molecular weight is 344 g/mol. The van der Waals surface area contributed by atoms with Gasteiger partial charge in [0.15, 0.2) is 0 Å². The van der Waals surface area contributed by atoms with Gasteiger partial charge in [0.05, 0.1) is 16.3 Å². The van der Waals surface area contributed by atoms with Gasteiger partial charge in [-0.1, -0.05) is 36.2 Å². The lowest BCUT2D eigenvalue weighted by Crippen LogP contribution is -2.35. The zero-order valence-electron chi connectivity index (χ0n) is 12.2. The van der Waals surface area contributed by atoms with Crippen LogP contribution in [0.1, 0.15) is 32.6 Å². The lowest BCUT2D eigenvalue weighted by Gasteiger charge is -2.26. The smallest absolute Gasteiger partial charge is 0.332 e. The van der Waals surface area contributed by atoms with Crippen LogP contribution in [0.2, 0.25) is 5.02 Å². The van der Waals surface area contributed by atoms with Gasteiger partial charge in [-0.15, -0.1) is 0 Å². The Balaban J connectivity index is 2.40. The second kappa shape index (κ2) is 6.71. The van der Waals surface area contributed by atoms with Crippen molar-refractivity contribution in [1.82, 2.24) is 0 Å². The molecule has 2 N–H and O–H groups in total. The maximum atomic E-state index is 12.6. The minimum Gasteiger partial charge on any atom is -0.478 e. The van der Waals surface area contributed by atoms with Gasteiger partial charge in [-0.3, -0.25) is 4.72 Å². The Morgan fingerprint density at radius 1 is 1.41 bits per heavy atom. The maximum Gasteiger partial charge on any atom is 0.332 e. The van der Waals surface area contributed by atoms with Gasteiger partial charge in [0, 0.05) is 0 Å². The van der Waals surface area contributed by atoms with Gasteiger partial charge in [0.25, 0.3) is 0 Å². The Morgan fingerprint density at radius 2 is 2.09 bits per heavy atom. The molecule has 1 aliphatic carbocycles. The van der Waals surface area contributed by atoms with Gasteiger partial charge < -0.3 is 5.11 Å². The molecule has 0 heterocycles. The molecule has 1 aromatic rings. The van der Waals surface area contributed by atoms with Crippen molar-refractivity contribution in [2.45, 2.75) is 37.9 Å². The minimum absolute atomic E-state index is 0.00769. The van der Waals surface area contributed by atoms with Crippen molar-refractivity contribution in [1.29, 1.82) is 0 Å². The van der Waals surface area contributed by atoms with E-state index in [2.05, 4.69) is 4.72 Å². The first-order valence-electron chi connectivity index (χ1n) is 7.08. The second-order valence-corrected chi connectivity index (χ2v) is 7.45. The van der Waals surface area contributed by atoms with Gasteiger partial charge in [-0.2, -0.15) is 0 Å². The number of halogens is 1. The van der Waals surface area contributed by atoms with E-state index in [0.29, 0.717) is 31.3 Å². The van der Waals surface area contributed by atoms with E-state index in [1.54, 1.807) is 24.3 Å². The van der Waals surface area contributed by atoms with Crippen molar-refractivity contribution in [3.63, 3.8) is 0 Å². The highest BCUT2D eigenvalue weighted by Gasteiger charge is 2.37. The van der Waals surface area contributed by atoms with Crippen molar-refractivity contribution >= 4 is 33.3 Å². The van der Waals surface area contributed by atoms with Crippen LogP contribution in [-0.4, -0.2) is 24.7 Å². The van der Waals surface area contributed by atoms with Crippen LogP contribution in [0.5, 0.6) is 0 Å². The molecular weight excluding hydrogens is 326 g/mol. The quantitative estimate of drug-likeness (QED) is 0.858. The van der Waals surface area contributed by atoms with E-state index < -0.39 is 21.2 Å². The molecule has 1 unspecified atom stereocenters. The summed E-state index contributed by atoms with van der Waals surface area (Å²) in [4.78, 5) is 11.5. The van der Waals surface area contributed by atoms with Crippen molar-refractivity contribution in [2.24, 2.45) is 0 Å². The van der Waals surface area contributed by atoms with Gasteiger partial charge in [0.2, 0.25) is 10.0 Å². The Hall–Kier alpha value is -1.53. The van der Waals surface area contributed by atoms with E-state index in [4.69, 9.17) is 11.6 Å². The van der Waals surface area contributed by atoms with Crippen LogP contribution >= 0.6 is 11.6 Å². The van der Waals surface area contributed by atoms with Crippen LogP contribution in [0.4, 0.5) is 5.69 Å². The summed E-state index contributed by atoms with van der Waals surface area (Å²) in [6.45, 7) is 1.84. The molecule has 0 spiro atoms. The third-order valence-corrected chi connectivity index (χ3v) is 5.86. The van der Waals surface area contributed by atoms with Crippen molar-refractivity contribution in [3.8, 4) is 0 Å². The summed E-state index contributed by atoms with van der Waals surface area (Å²) in [5, 5.41) is 8.64. The number of allylic oxidation sites excluding steroid dienone is 1. The molecule has 1 aliphatic rings. The Morgan fingerprint density at radius 3 is 2.68 bits per heavy atom. The standard InChI is InChI=1S/C15H18ClNO4S/c1-2-10-6-5-9-13(14(10)15(18)19)22(20,21)17-12-8-4-3-7-11(12)16/h3-4,7-8,13,17H,2,5-6,9H2,1H3,(H,18,19). The van der Waals surface area contributed by atoms with Crippen LogP contribution in [0, 0.1) is 0 Å². The highest BCUT2D eigenvalue weighted by atomic mass is 35.5. The molecule has 120 valence electrons. The molecule has 1 aromatic carbocycles. The number of hydrogen-bond acceptors (Lipinski definition) is 3. The summed E-state index contributed by atoms with van der Waals surface area (Å²) in [5.41, 5.74) is 0.971. The molecule has 2 rings (SSSR count).